The average molecular weight is 433 g/mol. The molecular formula is C25H24N2O3S. The van der Waals surface area contributed by atoms with Crippen LogP contribution in [0.3, 0.4) is 0 Å². The normalized spacial score (nSPS) is 10.9. The molecule has 0 saturated heterocycles. The highest BCUT2D eigenvalue weighted by atomic mass is 32.1. The fourth-order valence-electron chi connectivity index (χ4n) is 3.76. The summed E-state index contributed by atoms with van der Waals surface area (Å²) in [4.78, 5) is 32.0. The lowest BCUT2D eigenvalue weighted by atomic mass is 10.0. The Morgan fingerprint density at radius 3 is 2.52 bits per heavy atom. The minimum absolute atomic E-state index is 0.129. The monoisotopic (exact) mass is 432 g/mol. The summed E-state index contributed by atoms with van der Waals surface area (Å²) in [6.45, 7) is 4.68. The number of ether oxygens (including phenoxy) is 1. The number of aryl methyl sites for hydroxylation is 2. The highest BCUT2D eigenvalue weighted by Crippen LogP contribution is 2.21. The highest BCUT2D eigenvalue weighted by Gasteiger charge is 2.19. The molecule has 5 nitrogen and oxygen atoms in total. The number of nitrogens with zero attached hydrogens (tertiary/aromatic N) is 1. The zero-order valence-electron chi connectivity index (χ0n) is 17.8. The van der Waals surface area contributed by atoms with E-state index in [1.54, 1.807) is 47.6 Å². The van der Waals surface area contributed by atoms with Gasteiger partial charge in [-0.25, -0.2) is 0 Å². The summed E-state index contributed by atoms with van der Waals surface area (Å²) in [5.41, 5.74) is 3.96. The summed E-state index contributed by atoms with van der Waals surface area (Å²) >= 11 is 1.59. The van der Waals surface area contributed by atoms with E-state index in [2.05, 4.69) is 11.1 Å². The Hall–Kier alpha value is -3.38. The van der Waals surface area contributed by atoms with E-state index < -0.39 is 0 Å². The molecule has 0 unspecified atom stereocenters. The number of benzene rings is 2. The number of methoxy groups -OCH3 is 1. The Labute approximate surface area is 184 Å². The summed E-state index contributed by atoms with van der Waals surface area (Å²) < 4.78 is 5.20. The van der Waals surface area contributed by atoms with Gasteiger partial charge in [0, 0.05) is 16.0 Å². The molecule has 0 aliphatic heterocycles. The predicted molar refractivity (Wildman–Crippen MR) is 125 cm³/mol. The third kappa shape index (κ3) is 4.54. The van der Waals surface area contributed by atoms with Gasteiger partial charge in [0.15, 0.2) is 0 Å². The van der Waals surface area contributed by atoms with E-state index in [1.807, 2.05) is 43.5 Å². The molecule has 0 aliphatic rings. The van der Waals surface area contributed by atoms with Crippen molar-refractivity contribution in [2.75, 3.05) is 7.11 Å². The van der Waals surface area contributed by atoms with Crippen molar-refractivity contribution in [2.45, 2.75) is 26.9 Å². The van der Waals surface area contributed by atoms with Crippen LogP contribution in [-0.2, 0) is 13.1 Å². The smallest absolute Gasteiger partial charge is 0.254 e. The van der Waals surface area contributed by atoms with Gasteiger partial charge in [0.25, 0.3) is 11.5 Å². The van der Waals surface area contributed by atoms with Gasteiger partial charge in [-0.1, -0.05) is 17.7 Å². The van der Waals surface area contributed by atoms with Crippen LogP contribution in [0.25, 0.3) is 10.9 Å². The van der Waals surface area contributed by atoms with E-state index in [-0.39, 0.29) is 18.0 Å². The Morgan fingerprint density at radius 1 is 1.06 bits per heavy atom. The third-order valence-electron chi connectivity index (χ3n) is 5.28. The van der Waals surface area contributed by atoms with Crippen LogP contribution in [0.15, 0.2) is 64.8 Å². The lowest BCUT2D eigenvalue weighted by Gasteiger charge is -2.22. The van der Waals surface area contributed by atoms with Crippen LogP contribution < -0.4 is 10.3 Å². The molecule has 4 rings (SSSR count). The SMILES string of the molecule is COc1ccc(C(=O)N(Cc2cccs2)Cc2cc3cc(C)cc(C)c3[nH]c2=O)cc1. The lowest BCUT2D eigenvalue weighted by Crippen LogP contribution is -2.32. The molecule has 0 fully saturated rings. The molecule has 4 aromatic rings. The maximum atomic E-state index is 13.3. The van der Waals surface area contributed by atoms with Gasteiger partial charge in [0.05, 0.1) is 25.7 Å². The molecule has 2 heterocycles. The van der Waals surface area contributed by atoms with Gasteiger partial charge in [0.1, 0.15) is 5.75 Å². The topological polar surface area (TPSA) is 62.4 Å². The molecular weight excluding hydrogens is 408 g/mol. The Morgan fingerprint density at radius 2 is 1.84 bits per heavy atom. The molecule has 1 N–H and O–H groups in total. The van der Waals surface area contributed by atoms with Gasteiger partial charge in [0.2, 0.25) is 0 Å². The predicted octanol–water partition coefficient (Wildman–Crippen LogP) is 5.06. The van der Waals surface area contributed by atoms with Crippen molar-refractivity contribution in [3.63, 3.8) is 0 Å². The number of H-pyrrole nitrogens is 1. The number of carbonyl (C=O) groups is 1. The van der Waals surface area contributed by atoms with Crippen LogP contribution in [0.1, 0.15) is 31.9 Å². The van der Waals surface area contributed by atoms with E-state index in [0.717, 1.165) is 26.9 Å². The maximum absolute atomic E-state index is 13.3. The molecule has 0 bridgehead atoms. The minimum Gasteiger partial charge on any atom is -0.497 e. The standard InChI is InChI=1S/C25H24N2O3S/c1-16-11-17(2)23-19(12-16)13-20(24(28)26-23)14-27(15-22-5-4-10-31-22)25(29)18-6-8-21(30-3)9-7-18/h4-13H,14-15H2,1-3H3,(H,26,28). The average Bonchev–Trinajstić information content (AvgIpc) is 3.27. The summed E-state index contributed by atoms with van der Waals surface area (Å²) in [6.07, 6.45) is 0. The molecule has 31 heavy (non-hydrogen) atoms. The van der Waals surface area contributed by atoms with Gasteiger partial charge in [-0.2, -0.15) is 0 Å². The molecule has 0 spiro atoms. The minimum atomic E-state index is -0.168. The number of fused-ring (bicyclic) bond motifs is 1. The van der Waals surface area contributed by atoms with Crippen LogP contribution in [0.2, 0.25) is 0 Å². The second-order valence-electron chi connectivity index (χ2n) is 7.64. The molecule has 0 atom stereocenters. The Balaban J connectivity index is 1.71. The van der Waals surface area contributed by atoms with Crippen molar-refractivity contribution in [1.82, 2.24) is 9.88 Å². The number of amides is 1. The second-order valence-corrected chi connectivity index (χ2v) is 8.67. The second kappa shape index (κ2) is 8.78. The number of aromatic nitrogens is 1. The highest BCUT2D eigenvalue weighted by molar-refractivity contribution is 7.09. The first-order valence-electron chi connectivity index (χ1n) is 10.0. The van der Waals surface area contributed by atoms with Gasteiger partial charge in [-0.15, -0.1) is 11.3 Å². The van der Waals surface area contributed by atoms with Gasteiger partial charge >= 0.3 is 0 Å². The quantitative estimate of drug-likeness (QED) is 0.463. The number of rotatable bonds is 6. The van der Waals surface area contributed by atoms with E-state index in [0.29, 0.717) is 23.4 Å². The summed E-state index contributed by atoms with van der Waals surface area (Å²) in [5, 5.41) is 2.96. The first kappa shape index (κ1) is 20.9. The first-order valence-corrected chi connectivity index (χ1v) is 10.9. The molecule has 1 amide bonds. The van der Waals surface area contributed by atoms with Crippen molar-refractivity contribution in [3.8, 4) is 5.75 Å². The number of pyridine rings is 1. The first-order chi connectivity index (χ1) is 14.9. The number of aromatic amines is 1. The summed E-state index contributed by atoms with van der Waals surface area (Å²) in [5.74, 6) is 0.564. The van der Waals surface area contributed by atoms with Crippen LogP contribution in [-0.4, -0.2) is 22.9 Å². The van der Waals surface area contributed by atoms with E-state index in [9.17, 15) is 9.59 Å². The zero-order chi connectivity index (χ0) is 22.0. The third-order valence-corrected chi connectivity index (χ3v) is 6.14. The Bertz CT molecular complexity index is 1270. The van der Waals surface area contributed by atoms with Crippen molar-refractivity contribution in [1.29, 1.82) is 0 Å². The fourth-order valence-corrected chi connectivity index (χ4v) is 4.48. The Kier molecular flexibility index (Phi) is 5.91. The number of thiophene rings is 1. The van der Waals surface area contributed by atoms with Crippen LogP contribution in [0.5, 0.6) is 5.75 Å². The van der Waals surface area contributed by atoms with E-state index in [1.165, 1.54) is 0 Å². The van der Waals surface area contributed by atoms with E-state index in [4.69, 9.17) is 4.74 Å². The van der Waals surface area contributed by atoms with Gasteiger partial charge < -0.3 is 14.6 Å². The maximum Gasteiger partial charge on any atom is 0.254 e. The van der Waals surface area contributed by atoms with Crippen LogP contribution >= 0.6 is 11.3 Å². The fraction of sp³-hybridized carbons (Fsp3) is 0.200. The van der Waals surface area contributed by atoms with E-state index >= 15 is 0 Å². The lowest BCUT2D eigenvalue weighted by molar-refractivity contribution is 0.0731. The van der Waals surface area contributed by atoms with Crippen molar-refractivity contribution in [2.24, 2.45) is 0 Å². The molecule has 0 saturated carbocycles. The molecule has 0 aliphatic carbocycles. The molecule has 2 aromatic heterocycles. The summed E-state index contributed by atoms with van der Waals surface area (Å²) in [7, 11) is 1.59. The summed E-state index contributed by atoms with van der Waals surface area (Å²) in [6, 6.07) is 17.0. The van der Waals surface area contributed by atoms with Gasteiger partial charge in [-0.3, -0.25) is 9.59 Å². The van der Waals surface area contributed by atoms with Crippen LogP contribution in [0.4, 0.5) is 0 Å². The van der Waals surface area contributed by atoms with Crippen molar-refractivity contribution < 1.29 is 9.53 Å². The van der Waals surface area contributed by atoms with Crippen LogP contribution in [0, 0.1) is 13.8 Å². The van der Waals surface area contributed by atoms with Crippen molar-refractivity contribution in [3.05, 3.63) is 97.5 Å². The number of nitrogens with one attached hydrogen (secondary N) is 1. The molecule has 0 radical (unpaired) electrons. The molecule has 2 aromatic carbocycles. The number of hydrogen-bond acceptors (Lipinski definition) is 4. The van der Waals surface area contributed by atoms with Gasteiger partial charge in [-0.05, 0) is 72.6 Å². The molecule has 6 heteroatoms. The number of carbonyl (C=O) groups excluding carboxylic acids is 1. The molecule has 158 valence electrons. The number of hydrogen-bond donors (Lipinski definition) is 1. The largest absolute Gasteiger partial charge is 0.497 e. The zero-order valence-corrected chi connectivity index (χ0v) is 18.6. The van der Waals surface area contributed by atoms with Crippen molar-refractivity contribution >= 4 is 28.1 Å².